The smallest absolute Gasteiger partial charge is 0.255 e. The van der Waals surface area contributed by atoms with Crippen LogP contribution >= 0.6 is 11.6 Å². The van der Waals surface area contributed by atoms with Crippen molar-refractivity contribution in [2.75, 3.05) is 12.4 Å². The Morgan fingerprint density at radius 3 is 2.75 bits per heavy atom. The standard InChI is InChI=1S/C16H16ClNO2/c1-11-6-7-15(14(17)8-11)18-16(19)13-5-3-4-12(9-13)10-20-2/h3-9H,10H2,1-2H3,(H,18,19). The van der Waals surface area contributed by atoms with Crippen molar-refractivity contribution >= 4 is 23.2 Å². The van der Waals surface area contributed by atoms with Crippen LogP contribution in [0.15, 0.2) is 42.5 Å². The molecule has 0 radical (unpaired) electrons. The molecule has 0 saturated heterocycles. The molecular weight excluding hydrogens is 274 g/mol. The number of ether oxygens (including phenoxy) is 1. The first-order valence-corrected chi connectivity index (χ1v) is 6.63. The van der Waals surface area contributed by atoms with Gasteiger partial charge in [-0.1, -0.05) is 29.8 Å². The van der Waals surface area contributed by atoms with Gasteiger partial charge in [0.1, 0.15) is 0 Å². The molecule has 0 fully saturated rings. The van der Waals surface area contributed by atoms with Crippen LogP contribution in [0, 0.1) is 6.92 Å². The second kappa shape index (κ2) is 6.55. The lowest BCUT2D eigenvalue weighted by Crippen LogP contribution is -2.12. The number of hydrogen-bond donors (Lipinski definition) is 1. The normalized spacial score (nSPS) is 10.3. The van der Waals surface area contributed by atoms with Gasteiger partial charge in [-0.15, -0.1) is 0 Å². The van der Waals surface area contributed by atoms with Gasteiger partial charge in [-0.25, -0.2) is 0 Å². The van der Waals surface area contributed by atoms with Crippen LogP contribution in [0.1, 0.15) is 21.5 Å². The van der Waals surface area contributed by atoms with Gasteiger partial charge in [0.2, 0.25) is 0 Å². The van der Waals surface area contributed by atoms with Crippen molar-refractivity contribution in [1.82, 2.24) is 0 Å². The highest BCUT2D eigenvalue weighted by Crippen LogP contribution is 2.23. The predicted molar refractivity (Wildman–Crippen MR) is 81.3 cm³/mol. The lowest BCUT2D eigenvalue weighted by molar-refractivity contribution is 0.102. The maximum atomic E-state index is 12.2. The van der Waals surface area contributed by atoms with Crippen LogP contribution < -0.4 is 5.32 Å². The highest BCUT2D eigenvalue weighted by atomic mass is 35.5. The number of methoxy groups -OCH3 is 1. The fraction of sp³-hybridized carbons (Fsp3) is 0.188. The van der Waals surface area contributed by atoms with Crippen LogP contribution in [0.4, 0.5) is 5.69 Å². The zero-order chi connectivity index (χ0) is 14.5. The summed E-state index contributed by atoms with van der Waals surface area (Å²) in [7, 11) is 1.62. The van der Waals surface area contributed by atoms with Crippen molar-refractivity contribution in [1.29, 1.82) is 0 Å². The van der Waals surface area contributed by atoms with Gasteiger partial charge in [0.05, 0.1) is 17.3 Å². The number of carbonyl (C=O) groups excluding carboxylic acids is 1. The van der Waals surface area contributed by atoms with E-state index in [0.29, 0.717) is 22.9 Å². The number of hydrogen-bond acceptors (Lipinski definition) is 2. The minimum Gasteiger partial charge on any atom is -0.380 e. The molecule has 0 aromatic heterocycles. The molecule has 3 nitrogen and oxygen atoms in total. The molecule has 104 valence electrons. The number of rotatable bonds is 4. The third kappa shape index (κ3) is 3.59. The second-order valence-corrected chi connectivity index (χ2v) is 4.98. The molecule has 0 aliphatic carbocycles. The van der Waals surface area contributed by atoms with E-state index in [1.54, 1.807) is 25.3 Å². The molecule has 0 atom stereocenters. The van der Waals surface area contributed by atoms with E-state index in [4.69, 9.17) is 16.3 Å². The monoisotopic (exact) mass is 289 g/mol. The van der Waals surface area contributed by atoms with Crippen LogP contribution in [0.5, 0.6) is 0 Å². The molecule has 2 rings (SSSR count). The third-order valence-electron chi connectivity index (χ3n) is 2.87. The molecule has 0 bridgehead atoms. The van der Waals surface area contributed by atoms with Crippen LogP contribution in [-0.2, 0) is 11.3 Å². The van der Waals surface area contributed by atoms with E-state index < -0.39 is 0 Å². The third-order valence-corrected chi connectivity index (χ3v) is 3.19. The van der Waals surface area contributed by atoms with Crippen LogP contribution in [0.25, 0.3) is 0 Å². The van der Waals surface area contributed by atoms with E-state index in [-0.39, 0.29) is 5.91 Å². The number of halogens is 1. The molecule has 0 saturated carbocycles. The maximum absolute atomic E-state index is 12.2. The summed E-state index contributed by atoms with van der Waals surface area (Å²) < 4.78 is 5.06. The molecule has 1 amide bonds. The Balaban J connectivity index is 2.17. The first-order chi connectivity index (χ1) is 9.60. The highest BCUT2D eigenvalue weighted by Gasteiger charge is 2.09. The highest BCUT2D eigenvalue weighted by molar-refractivity contribution is 6.34. The Morgan fingerprint density at radius 1 is 1.25 bits per heavy atom. The molecule has 0 aliphatic heterocycles. The molecule has 0 spiro atoms. The molecule has 20 heavy (non-hydrogen) atoms. The number of aryl methyl sites for hydroxylation is 1. The number of amides is 1. The van der Waals surface area contributed by atoms with E-state index in [9.17, 15) is 4.79 Å². The van der Waals surface area contributed by atoms with Crippen molar-refractivity contribution in [2.24, 2.45) is 0 Å². The van der Waals surface area contributed by atoms with Crippen molar-refractivity contribution in [3.05, 3.63) is 64.2 Å². The quantitative estimate of drug-likeness (QED) is 0.922. The average molecular weight is 290 g/mol. The zero-order valence-corrected chi connectivity index (χ0v) is 12.2. The number of benzene rings is 2. The van der Waals surface area contributed by atoms with Gasteiger partial charge in [-0.3, -0.25) is 4.79 Å². The molecule has 0 aliphatic rings. The minimum absolute atomic E-state index is 0.186. The van der Waals surface area contributed by atoms with Crippen LogP contribution in [0.3, 0.4) is 0 Å². The lowest BCUT2D eigenvalue weighted by atomic mass is 10.1. The molecule has 1 N–H and O–H groups in total. The van der Waals surface area contributed by atoms with Gasteiger partial charge >= 0.3 is 0 Å². The fourth-order valence-corrected chi connectivity index (χ4v) is 2.17. The van der Waals surface area contributed by atoms with Crippen molar-refractivity contribution < 1.29 is 9.53 Å². The number of anilines is 1. The van der Waals surface area contributed by atoms with Crippen LogP contribution in [0.2, 0.25) is 5.02 Å². The summed E-state index contributed by atoms with van der Waals surface area (Å²) in [5, 5.41) is 3.35. The fourth-order valence-electron chi connectivity index (χ4n) is 1.89. The average Bonchev–Trinajstić information content (AvgIpc) is 2.42. The molecule has 2 aromatic carbocycles. The van der Waals surface area contributed by atoms with Gasteiger partial charge in [-0.05, 0) is 42.3 Å². The molecule has 0 heterocycles. The molecular formula is C16H16ClNO2. The lowest BCUT2D eigenvalue weighted by Gasteiger charge is -2.09. The summed E-state index contributed by atoms with van der Waals surface area (Å²) in [6.45, 7) is 2.43. The van der Waals surface area contributed by atoms with Crippen molar-refractivity contribution in [2.45, 2.75) is 13.5 Å². The summed E-state index contributed by atoms with van der Waals surface area (Å²) in [6.07, 6.45) is 0. The van der Waals surface area contributed by atoms with E-state index in [1.807, 2.05) is 31.2 Å². The molecule has 2 aromatic rings. The van der Waals surface area contributed by atoms with Gasteiger partial charge < -0.3 is 10.1 Å². The SMILES string of the molecule is COCc1cccc(C(=O)Nc2ccc(C)cc2Cl)c1. The van der Waals surface area contributed by atoms with Gasteiger partial charge in [0.15, 0.2) is 0 Å². The Labute approximate surface area is 123 Å². The molecule has 4 heteroatoms. The number of carbonyl (C=O) groups is 1. The Hall–Kier alpha value is -1.84. The summed E-state index contributed by atoms with van der Waals surface area (Å²) in [4.78, 5) is 12.2. The summed E-state index contributed by atoms with van der Waals surface area (Å²) in [5.41, 5.74) is 3.20. The first-order valence-electron chi connectivity index (χ1n) is 6.25. The van der Waals surface area contributed by atoms with Gasteiger partial charge in [0.25, 0.3) is 5.91 Å². The van der Waals surface area contributed by atoms with Crippen molar-refractivity contribution in [3.8, 4) is 0 Å². The van der Waals surface area contributed by atoms with Crippen molar-refractivity contribution in [3.63, 3.8) is 0 Å². The van der Waals surface area contributed by atoms with Gasteiger partial charge in [0, 0.05) is 12.7 Å². The topological polar surface area (TPSA) is 38.3 Å². The predicted octanol–water partition coefficient (Wildman–Crippen LogP) is 4.05. The van der Waals surface area contributed by atoms with E-state index in [1.165, 1.54) is 0 Å². The second-order valence-electron chi connectivity index (χ2n) is 4.57. The summed E-state index contributed by atoms with van der Waals surface area (Å²) in [6, 6.07) is 12.8. The zero-order valence-electron chi connectivity index (χ0n) is 11.4. The van der Waals surface area contributed by atoms with E-state index in [2.05, 4.69) is 5.32 Å². The summed E-state index contributed by atoms with van der Waals surface area (Å²) >= 11 is 6.11. The minimum atomic E-state index is -0.186. The Bertz CT molecular complexity index is 626. The van der Waals surface area contributed by atoms with E-state index in [0.717, 1.165) is 11.1 Å². The first kappa shape index (κ1) is 14.6. The molecule has 0 unspecified atom stereocenters. The largest absolute Gasteiger partial charge is 0.380 e. The summed E-state index contributed by atoms with van der Waals surface area (Å²) in [5.74, 6) is -0.186. The maximum Gasteiger partial charge on any atom is 0.255 e. The van der Waals surface area contributed by atoms with Gasteiger partial charge in [-0.2, -0.15) is 0 Å². The number of nitrogens with one attached hydrogen (secondary N) is 1. The van der Waals surface area contributed by atoms with Crippen LogP contribution in [-0.4, -0.2) is 13.0 Å². The Kier molecular flexibility index (Phi) is 4.77. The van der Waals surface area contributed by atoms with E-state index >= 15 is 0 Å². The Morgan fingerprint density at radius 2 is 2.05 bits per heavy atom.